The number of carboxylic acids is 1. The highest BCUT2D eigenvalue weighted by Crippen LogP contribution is 2.35. The van der Waals surface area contributed by atoms with Crippen molar-refractivity contribution >= 4 is 38.9 Å². The van der Waals surface area contributed by atoms with E-state index in [1.807, 2.05) is 0 Å². The first-order valence-electron chi connectivity index (χ1n) is 5.84. The summed E-state index contributed by atoms with van der Waals surface area (Å²) in [6.07, 6.45) is 0. The maximum atomic E-state index is 12.3. The van der Waals surface area contributed by atoms with Crippen LogP contribution in [-0.4, -0.2) is 25.0 Å². The highest BCUT2D eigenvalue weighted by molar-refractivity contribution is 7.91. The van der Waals surface area contributed by atoms with Gasteiger partial charge in [-0.25, -0.2) is 13.1 Å². The van der Waals surface area contributed by atoms with E-state index in [0.29, 0.717) is 9.90 Å². The quantitative estimate of drug-likeness (QED) is 0.864. The second-order valence-electron chi connectivity index (χ2n) is 5.68. The number of thiophene rings is 1. The van der Waals surface area contributed by atoms with Crippen LogP contribution < -0.4 is 4.72 Å². The van der Waals surface area contributed by atoms with Crippen LogP contribution in [0.3, 0.4) is 0 Å². The van der Waals surface area contributed by atoms with Gasteiger partial charge in [-0.1, -0.05) is 11.6 Å². The first kappa shape index (κ1) is 17.4. The number of halogens is 1. The lowest BCUT2D eigenvalue weighted by Gasteiger charge is -2.38. The monoisotopic (exact) mass is 339 g/mol. The molecule has 0 bridgehead atoms. The molecule has 0 amide bonds. The van der Waals surface area contributed by atoms with Crippen molar-refractivity contribution in [1.82, 2.24) is 4.72 Å². The molecule has 1 aromatic rings. The predicted molar refractivity (Wildman–Crippen MR) is 79.9 cm³/mol. The summed E-state index contributed by atoms with van der Waals surface area (Å²) in [6.45, 7) is 7.75. The molecule has 0 saturated carbocycles. The summed E-state index contributed by atoms with van der Waals surface area (Å²) in [6, 6.07) is 1.47. The third kappa shape index (κ3) is 3.16. The van der Waals surface area contributed by atoms with Gasteiger partial charge < -0.3 is 5.11 Å². The van der Waals surface area contributed by atoms with Crippen molar-refractivity contribution in [3.8, 4) is 0 Å². The van der Waals surface area contributed by atoms with Crippen LogP contribution in [0.15, 0.2) is 10.3 Å². The lowest BCUT2D eigenvalue weighted by molar-refractivity contribution is -0.150. The van der Waals surface area contributed by atoms with Crippen LogP contribution in [0.25, 0.3) is 0 Å². The molecule has 0 aliphatic heterocycles. The van der Waals surface area contributed by atoms with Gasteiger partial charge in [0.15, 0.2) is 0 Å². The molecule has 0 spiro atoms. The van der Waals surface area contributed by atoms with Crippen molar-refractivity contribution in [2.45, 2.75) is 44.4 Å². The van der Waals surface area contributed by atoms with Crippen LogP contribution in [-0.2, 0) is 14.8 Å². The Morgan fingerprint density at radius 3 is 2.20 bits per heavy atom. The molecule has 0 fully saturated rings. The summed E-state index contributed by atoms with van der Waals surface area (Å²) in [5, 5.41) is 9.24. The Balaban J connectivity index is 3.17. The summed E-state index contributed by atoms with van der Waals surface area (Å²) in [7, 11) is -3.82. The molecule has 0 aliphatic carbocycles. The van der Waals surface area contributed by atoms with Crippen LogP contribution >= 0.6 is 22.9 Å². The number of aryl methyl sites for hydroxylation is 1. The van der Waals surface area contributed by atoms with E-state index in [9.17, 15) is 18.3 Å². The molecule has 0 aliphatic rings. The van der Waals surface area contributed by atoms with E-state index in [0.717, 1.165) is 11.3 Å². The fourth-order valence-corrected chi connectivity index (χ4v) is 4.59. The van der Waals surface area contributed by atoms with Gasteiger partial charge in [-0.3, -0.25) is 4.79 Å². The minimum absolute atomic E-state index is 0.0780. The number of hydrogen-bond acceptors (Lipinski definition) is 4. The molecule has 114 valence electrons. The molecule has 2 N–H and O–H groups in total. The zero-order valence-corrected chi connectivity index (χ0v) is 14.3. The van der Waals surface area contributed by atoms with E-state index in [1.165, 1.54) is 19.9 Å². The standard InChI is InChI=1S/C12H18ClNO4S2/c1-7-6-8(19-9(7)13)20(17,18)14-12(4,5)11(2,3)10(15)16/h6,14H,1-5H3,(H,15,16). The lowest BCUT2D eigenvalue weighted by Crippen LogP contribution is -2.56. The van der Waals surface area contributed by atoms with Gasteiger partial charge in [0.05, 0.1) is 9.75 Å². The summed E-state index contributed by atoms with van der Waals surface area (Å²) in [5.74, 6) is -1.08. The smallest absolute Gasteiger partial charge is 0.310 e. The minimum Gasteiger partial charge on any atom is -0.481 e. The maximum Gasteiger partial charge on any atom is 0.310 e. The zero-order valence-electron chi connectivity index (χ0n) is 11.9. The van der Waals surface area contributed by atoms with Crippen molar-refractivity contribution in [1.29, 1.82) is 0 Å². The molecule has 0 aromatic carbocycles. The van der Waals surface area contributed by atoms with E-state index >= 15 is 0 Å². The van der Waals surface area contributed by atoms with Gasteiger partial charge in [0.2, 0.25) is 0 Å². The molecule has 0 unspecified atom stereocenters. The van der Waals surface area contributed by atoms with Gasteiger partial charge in [-0.2, -0.15) is 0 Å². The van der Waals surface area contributed by atoms with E-state index in [1.54, 1.807) is 20.8 Å². The predicted octanol–water partition coefficient (Wildman–Crippen LogP) is 2.88. The van der Waals surface area contributed by atoms with Crippen molar-refractivity contribution < 1.29 is 18.3 Å². The van der Waals surface area contributed by atoms with Crippen LogP contribution in [0.1, 0.15) is 33.3 Å². The number of carbonyl (C=O) groups is 1. The SMILES string of the molecule is Cc1cc(S(=O)(=O)NC(C)(C)C(C)(C)C(=O)O)sc1Cl. The lowest BCUT2D eigenvalue weighted by atomic mass is 9.75. The number of hydrogen-bond donors (Lipinski definition) is 2. The molecule has 1 rings (SSSR count). The highest BCUT2D eigenvalue weighted by Gasteiger charge is 2.46. The minimum atomic E-state index is -3.82. The Hall–Kier alpha value is -0.630. The van der Waals surface area contributed by atoms with E-state index in [2.05, 4.69) is 4.72 Å². The maximum absolute atomic E-state index is 12.3. The van der Waals surface area contributed by atoms with Gasteiger partial charge in [0, 0.05) is 5.54 Å². The van der Waals surface area contributed by atoms with Crippen LogP contribution in [0.5, 0.6) is 0 Å². The first-order valence-corrected chi connectivity index (χ1v) is 8.52. The van der Waals surface area contributed by atoms with Crippen molar-refractivity contribution in [3.63, 3.8) is 0 Å². The second kappa shape index (κ2) is 5.29. The van der Waals surface area contributed by atoms with E-state index in [4.69, 9.17) is 11.6 Å². The number of sulfonamides is 1. The Kier molecular flexibility index (Phi) is 4.61. The van der Waals surface area contributed by atoms with Crippen molar-refractivity contribution in [2.24, 2.45) is 5.41 Å². The first-order chi connectivity index (χ1) is 8.81. The fourth-order valence-electron chi connectivity index (χ4n) is 1.35. The van der Waals surface area contributed by atoms with Crippen molar-refractivity contribution in [3.05, 3.63) is 16.0 Å². The topological polar surface area (TPSA) is 83.5 Å². The normalized spacial score (nSPS) is 13.5. The molecule has 1 heterocycles. The third-order valence-corrected chi connectivity index (χ3v) is 7.27. The largest absolute Gasteiger partial charge is 0.481 e. The fraction of sp³-hybridized carbons (Fsp3) is 0.583. The van der Waals surface area contributed by atoms with Crippen molar-refractivity contribution in [2.75, 3.05) is 0 Å². The van der Waals surface area contributed by atoms with Crippen LogP contribution in [0, 0.1) is 12.3 Å². The second-order valence-corrected chi connectivity index (χ2v) is 9.25. The number of aliphatic carboxylic acids is 1. The average molecular weight is 340 g/mol. The molecule has 0 saturated heterocycles. The third-order valence-electron chi connectivity index (χ3n) is 3.59. The van der Waals surface area contributed by atoms with E-state index < -0.39 is 26.9 Å². The summed E-state index contributed by atoms with van der Waals surface area (Å²) in [4.78, 5) is 11.3. The Morgan fingerprint density at radius 1 is 1.35 bits per heavy atom. The molecular weight excluding hydrogens is 322 g/mol. The summed E-state index contributed by atoms with van der Waals surface area (Å²) in [5.41, 5.74) is -1.76. The Labute approximate surface area is 128 Å². The number of rotatable bonds is 5. The Bertz CT molecular complexity index is 612. The molecule has 8 heteroatoms. The molecule has 1 aromatic heterocycles. The molecular formula is C12H18ClNO4S2. The van der Waals surface area contributed by atoms with Crippen LogP contribution in [0.4, 0.5) is 0 Å². The molecule has 0 radical (unpaired) electrons. The highest BCUT2D eigenvalue weighted by atomic mass is 35.5. The summed E-state index contributed by atoms with van der Waals surface area (Å²) < 4.78 is 27.6. The van der Waals surface area contributed by atoms with E-state index in [-0.39, 0.29) is 4.21 Å². The molecule has 20 heavy (non-hydrogen) atoms. The van der Waals surface area contributed by atoms with Gasteiger partial charge in [-0.05, 0) is 46.2 Å². The van der Waals surface area contributed by atoms with Gasteiger partial charge >= 0.3 is 5.97 Å². The number of carboxylic acid groups (broad SMARTS) is 1. The average Bonchev–Trinajstić information content (AvgIpc) is 2.58. The molecule has 0 atom stereocenters. The molecule has 5 nitrogen and oxygen atoms in total. The van der Waals surface area contributed by atoms with Gasteiger partial charge in [0.25, 0.3) is 10.0 Å². The van der Waals surface area contributed by atoms with Gasteiger partial charge in [-0.15, -0.1) is 11.3 Å². The summed E-state index contributed by atoms with van der Waals surface area (Å²) >= 11 is 6.83. The Morgan fingerprint density at radius 2 is 1.85 bits per heavy atom. The van der Waals surface area contributed by atoms with Gasteiger partial charge in [0.1, 0.15) is 4.21 Å². The zero-order chi connectivity index (χ0) is 15.9. The number of nitrogens with one attached hydrogen (secondary N) is 1. The van der Waals surface area contributed by atoms with Crippen LogP contribution in [0.2, 0.25) is 4.34 Å².